The van der Waals surface area contributed by atoms with Crippen molar-refractivity contribution in [2.24, 2.45) is 5.92 Å². The van der Waals surface area contributed by atoms with E-state index in [9.17, 15) is 9.90 Å². The van der Waals surface area contributed by atoms with Gasteiger partial charge in [0.15, 0.2) is 25.0 Å². The third kappa shape index (κ3) is 25.0. The molecule has 0 aliphatic carbocycles. The Hall–Kier alpha value is -0.342. The van der Waals surface area contributed by atoms with Crippen LogP contribution in [-0.4, -0.2) is 69.3 Å². The van der Waals surface area contributed by atoms with Gasteiger partial charge in [0.2, 0.25) is 8.32 Å². The molecule has 0 unspecified atom stereocenters. The number of hydrogen-bond donors (Lipinski definition) is 1. The summed E-state index contributed by atoms with van der Waals surface area (Å²) in [5.74, 6) is -0.199. The lowest BCUT2D eigenvalue weighted by atomic mass is 9.89. The van der Waals surface area contributed by atoms with E-state index in [1.165, 1.54) is 12.8 Å². The number of allylic oxidation sites excluding steroid dienone is 2. The molecule has 0 aromatic rings. The first-order valence-corrected chi connectivity index (χ1v) is 30.0. The van der Waals surface area contributed by atoms with Gasteiger partial charge in [-0.15, -0.1) is 0 Å². The molecular weight excluding hydrogens is 593 g/mol. The third-order valence-corrected chi connectivity index (χ3v) is 10.2. The van der Waals surface area contributed by atoms with Crippen LogP contribution in [0.1, 0.15) is 64.7 Å². The summed E-state index contributed by atoms with van der Waals surface area (Å²) in [7, 11) is -7.12. The van der Waals surface area contributed by atoms with Crippen molar-refractivity contribution >= 4 is 39.2 Å². The van der Waals surface area contributed by atoms with Crippen molar-refractivity contribution in [3.63, 3.8) is 0 Å². The third-order valence-electron chi connectivity index (χ3n) is 6.23. The number of rotatable bonds is 23. The van der Waals surface area contributed by atoms with Gasteiger partial charge in [-0.3, -0.25) is 4.79 Å². The summed E-state index contributed by atoms with van der Waals surface area (Å²) in [6.07, 6.45) is 15.5. The highest BCUT2D eigenvalue weighted by Gasteiger charge is 2.32. The van der Waals surface area contributed by atoms with Gasteiger partial charge < -0.3 is 22.8 Å². The molecule has 10 heteroatoms. The summed E-state index contributed by atoms with van der Waals surface area (Å²) in [4.78, 5) is 12.1. The fourth-order valence-corrected chi connectivity index (χ4v) is 8.38. The van der Waals surface area contributed by atoms with Crippen LogP contribution in [0.2, 0.25) is 78.6 Å². The smallest absolute Gasteiger partial charge is 0.292 e. The Balaban J connectivity index is 5.79. The van der Waals surface area contributed by atoms with Crippen molar-refractivity contribution in [3.8, 4) is 0 Å². The molecule has 248 valence electrons. The van der Waals surface area contributed by atoms with Crippen LogP contribution in [0.15, 0.2) is 24.3 Å². The second kappa shape index (κ2) is 19.9. The Labute approximate surface area is 264 Å². The largest absolute Gasteiger partial charge is 0.520 e. The minimum absolute atomic E-state index is 0.0246. The highest BCUT2D eigenvalue weighted by molar-refractivity contribution is 6.71. The van der Waals surface area contributed by atoms with Gasteiger partial charge in [0.05, 0.1) is 18.3 Å². The first kappa shape index (κ1) is 41.7. The number of unbranched alkanes of at least 4 members (excludes halogenated alkanes) is 3. The molecular formula is C32H68O6Si4. The van der Waals surface area contributed by atoms with E-state index in [2.05, 4.69) is 84.1 Å². The molecule has 0 spiro atoms. The Morgan fingerprint density at radius 2 is 1.36 bits per heavy atom. The average molecular weight is 661 g/mol. The summed E-state index contributed by atoms with van der Waals surface area (Å²) in [5.41, 5.74) is 0. The standard InChI is InChI=1S/C32H68O6Si4/c1-14-15-18-21-28(36-40(5,6)7)24-25-30(33)29(22-19-16-17-20-23-32(34)38-42(11,12)13)31(37-41(8,9)10)26-27-35-39(2,3)4/h16,19,24-25,28-31,33H,14-15,17-18,20-23,26-27H2,1-13H3/b19-16-,25-24+/t28-,29+,30-,31-/m0/s1. The van der Waals surface area contributed by atoms with Crippen LogP contribution in [0.3, 0.4) is 0 Å². The van der Waals surface area contributed by atoms with E-state index < -0.39 is 39.4 Å². The SMILES string of the molecule is CCCCC[C@@H](/C=C/[C@H](O)[C@@H](C/C=C\CCCC(=O)O[Si](C)(C)C)[C@H](CCO[Si](C)(C)C)O[Si](C)(C)C)O[Si](C)(C)C. The zero-order chi connectivity index (χ0) is 32.6. The van der Waals surface area contributed by atoms with Crippen LogP contribution in [0.4, 0.5) is 0 Å². The maximum absolute atomic E-state index is 12.1. The molecule has 0 heterocycles. The highest BCUT2D eigenvalue weighted by Crippen LogP contribution is 2.27. The lowest BCUT2D eigenvalue weighted by Gasteiger charge is -2.35. The second-order valence-electron chi connectivity index (χ2n) is 15.5. The number of carbonyl (C=O) groups excluding carboxylic acids is 1. The maximum atomic E-state index is 12.1. The van der Waals surface area contributed by atoms with Crippen LogP contribution >= 0.6 is 0 Å². The first-order chi connectivity index (χ1) is 19.1. The van der Waals surface area contributed by atoms with E-state index in [4.69, 9.17) is 17.7 Å². The topological polar surface area (TPSA) is 74.2 Å². The number of aliphatic hydroxyl groups excluding tert-OH is 1. The summed E-state index contributed by atoms with van der Waals surface area (Å²) < 4.78 is 25.0. The Morgan fingerprint density at radius 1 is 0.738 bits per heavy atom. The van der Waals surface area contributed by atoms with E-state index in [0.717, 1.165) is 32.1 Å². The van der Waals surface area contributed by atoms with Gasteiger partial charge in [0.25, 0.3) is 5.97 Å². The van der Waals surface area contributed by atoms with Gasteiger partial charge in [-0.2, -0.15) is 0 Å². The van der Waals surface area contributed by atoms with Gasteiger partial charge in [-0.05, 0) is 111 Å². The normalized spacial score (nSPS) is 16.6. The van der Waals surface area contributed by atoms with Crippen LogP contribution < -0.4 is 0 Å². The first-order valence-electron chi connectivity index (χ1n) is 16.3. The Morgan fingerprint density at radius 3 is 1.88 bits per heavy atom. The van der Waals surface area contributed by atoms with E-state index in [-0.39, 0.29) is 24.1 Å². The van der Waals surface area contributed by atoms with E-state index in [1.54, 1.807) is 0 Å². The van der Waals surface area contributed by atoms with E-state index in [1.807, 2.05) is 25.7 Å². The minimum Gasteiger partial charge on any atom is -0.520 e. The summed E-state index contributed by atoms with van der Waals surface area (Å²) >= 11 is 0. The number of hydrogen-bond acceptors (Lipinski definition) is 6. The van der Waals surface area contributed by atoms with Crippen LogP contribution in [-0.2, 0) is 22.5 Å². The van der Waals surface area contributed by atoms with E-state index in [0.29, 0.717) is 19.4 Å². The highest BCUT2D eigenvalue weighted by atomic mass is 28.4. The molecule has 1 N–H and O–H groups in total. The lowest BCUT2D eigenvalue weighted by molar-refractivity contribution is -0.135. The molecule has 0 aliphatic heterocycles. The predicted octanol–water partition coefficient (Wildman–Crippen LogP) is 9.28. The molecule has 0 bridgehead atoms. The molecule has 0 aliphatic rings. The predicted molar refractivity (Wildman–Crippen MR) is 190 cm³/mol. The molecule has 0 rings (SSSR count). The van der Waals surface area contributed by atoms with Gasteiger partial charge >= 0.3 is 0 Å². The van der Waals surface area contributed by atoms with Crippen molar-refractivity contribution < 1.29 is 27.6 Å². The van der Waals surface area contributed by atoms with Gasteiger partial charge in [0.1, 0.15) is 0 Å². The van der Waals surface area contributed by atoms with Crippen LogP contribution in [0.25, 0.3) is 0 Å². The summed E-state index contributed by atoms with van der Waals surface area (Å²) in [6.45, 7) is 28.8. The maximum Gasteiger partial charge on any atom is 0.292 e. The Kier molecular flexibility index (Phi) is 19.8. The van der Waals surface area contributed by atoms with Crippen LogP contribution in [0, 0.1) is 5.92 Å². The van der Waals surface area contributed by atoms with Gasteiger partial charge in [-0.1, -0.05) is 50.5 Å². The zero-order valence-electron chi connectivity index (χ0n) is 29.7. The van der Waals surface area contributed by atoms with Crippen LogP contribution in [0.5, 0.6) is 0 Å². The van der Waals surface area contributed by atoms with Crippen molar-refractivity contribution in [3.05, 3.63) is 24.3 Å². The average Bonchev–Trinajstić information content (AvgIpc) is 2.77. The Bertz CT molecular complexity index is 791. The molecule has 6 nitrogen and oxygen atoms in total. The monoisotopic (exact) mass is 660 g/mol. The van der Waals surface area contributed by atoms with Crippen molar-refractivity contribution in [2.75, 3.05) is 6.61 Å². The molecule has 42 heavy (non-hydrogen) atoms. The lowest BCUT2D eigenvalue weighted by Crippen LogP contribution is -2.41. The molecule has 0 fully saturated rings. The molecule has 0 aromatic heterocycles. The van der Waals surface area contributed by atoms with Crippen molar-refractivity contribution in [1.29, 1.82) is 0 Å². The summed E-state index contributed by atoms with van der Waals surface area (Å²) in [6, 6.07) is 0. The fourth-order valence-electron chi connectivity index (χ4n) is 4.56. The molecule has 0 saturated heterocycles. The quantitative estimate of drug-likeness (QED) is 0.0669. The molecule has 4 atom stereocenters. The van der Waals surface area contributed by atoms with E-state index >= 15 is 0 Å². The molecule has 0 amide bonds. The van der Waals surface area contributed by atoms with Crippen molar-refractivity contribution in [1.82, 2.24) is 0 Å². The van der Waals surface area contributed by atoms with Gasteiger partial charge in [-0.25, -0.2) is 0 Å². The molecule has 0 radical (unpaired) electrons. The molecule has 0 aromatic carbocycles. The minimum atomic E-state index is -1.89. The number of carbonyl (C=O) groups is 1. The number of aliphatic hydroxyl groups is 1. The molecule has 0 saturated carbocycles. The van der Waals surface area contributed by atoms with Gasteiger partial charge in [0, 0.05) is 18.9 Å². The fraction of sp³-hybridized carbons (Fsp3) is 0.844. The summed E-state index contributed by atoms with van der Waals surface area (Å²) in [5, 5.41) is 11.6. The zero-order valence-corrected chi connectivity index (χ0v) is 33.7. The second-order valence-corrected chi connectivity index (χ2v) is 33.4. The van der Waals surface area contributed by atoms with Crippen molar-refractivity contribution in [2.45, 2.75) is 162 Å².